The van der Waals surface area contributed by atoms with Crippen molar-refractivity contribution < 1.29 is 14.3 Å². The lowest BCUT2D eigenvalue weighted by Gasteiger charge is -2.42. The Hall–Kier alpha value is -3.32. The molecule has 0 radical (unpaired) electrons. The predicted molar refractivity (Wildman–Crippen MR) is 139 cm³/mol. The molecule has 7 nitrogen and oxygen atoms in total. The molecule has 7 heteroatoms. The van der Waals surface area contributed by atoms with Crippen molar-refractivity contribution in [2.45, 2.75) is 31.8 Å². The van der Waals surface area contributed by atoms with E-state index in [2.05, 4.69) is 22.0 Å². The number of nitrogens with one attached hydrogen (secondary N) is 1. The first-order chi connectivity index (χ1) is 17.6. The molecule has 2 aliphatic heterocycles. The number of carbonyl (C=O) groups is 2. The Balaban J connectivity index is 1.23. The average molecular weight is 487 g/mol. The van der Waals surface area contributed by atoms with Gasteiger partial charge in [-0.15, -0.1) is 0 Å². The zero-order valence-electron chi connectivity index (χ0n) is 20.9. The summed E-state index contributed by atoms with van der Waals surface area (Å²) in [4.78, 5) is 36.5. The normalized spacial score (nSPS) is 24.5. The molecule has 3 aliphatic rings. The lowest BCUT2D eigenvalue weighted by molar-refractivity contribution is -0.140. The Bertz CT molecular complexity index is 1240. The summed E-state index contributed by atoms with van der Waals surface area (Å²) in [5.74, 6) is 2.24. The number of nitrogens with zero attached hydrogens (tertiary/aromatic N) is 3. The summed E-state index contributed by atoms with van der Waals surface area (Å²) in [5.41, 5.74) is 2.52. The topological polar surface area (TPSA) is 68.9 Å². The highest BCUT2D eigenvalue weighted by molar-refractivity contribution is 6.00. The number of carbonyl (C=O) groups excluding carboxylic acids is 2. The number of ether oxygens (including phenoxy) is 1. The number of hydrogen-bond donors (Lipinski definition) is 1. The molecule has 1 N–H and O–H groups in total. The molecule has 2 unspecified atom stereocenters. The first-order valence-electron chi connectivity index (χ1n) is 13.1. The Morgan fingerprint density at radius 1 is 1.03 bits per heavy atom. The Kier molecular flexibility index (Phi) is 6.17. The predicted octanol–water partition coefficient (Wildman–Crippen LogP) is 3.76. The number of aromatic amines is 1. The SMILES string of the molecule is COc1ccc2[nH]c(C(=O)N3CC(=O)N(Cc4ccccc4)[C@@H](CN4CC5CCCC5C4)C3)cc2c1. The number of H-pyrrole nitrogens is 1. The van der Waals surface area contributed by atoms with Crippen LogP contribution in [0.4, 0.5) is 0 Å². The Morgan fingerprint density at radius 2 is 1.81 bits per heavy atom. The fourth-order valence-electron chi connectivity index (χ4n) is 6.49. The maximum atomic E-state index is 13.6. The number of aromatic nitrogens is 1. The van der Waals surface area contributed by atoms with Crippen molar-refractivity contribution in [2.75, 3.05) is 39.8 Å². The second-order valence-electron chi connectivity index (χ2n) is 10.7. The van der Waals surface area contributed by atoms with Crippen molar-refractivity contribution in [2.24, 2.45) is 11.8 Å². The summed E-state index contributed by atoms with van der Waals surface area (Å²) in [6, 6.07) is 17.7. The van der Waals surface area contributed by atoms with Crippen LogP contribution in [0.25, 0.3) is 10.9 Å². The van der Waals surface area contributed by atoms with E-state index in [1.165, 1.54) is 19.3 Å². The molecule has 1 aromatic heterocycles. The summed E-state index contributed by atoms with van der Waals surface area (Å²) in [5, 5.41) is 0.923. The molecule has 2 saturated heterocycles. The van der Waals surface area contributed by atoms with Gasteiger partial charge < -0.3 is 24.4 Å². The molecule has 188 valence electrons. The lowest BCUT2D eigenvalue weighted by Crippen LogP contribution is -2.60. The number of benzene rings is 2. The van der Waals surface area contributed by atoms with Crippen LogP contribution in [-0.4, -0.2) is 77.4 Å². The number of hydrogen-bond acceptors (Lipinski definition) is 4. The number of likely N-dealkylation sites (tertiary alicyclic amines) is 1. The van der Waals surface area contributed by atoms with Crippen molar-refractivity contribution in [3.63, 3.8) is 0 Å². The fourth-order valence-corrected chi connectivity index (χ4v) is 6.49. The van der Waals surface area contributed by atoms with E-state index in [9.17, 15) is 9.59 Å². The van der Waals surface area contributed by atoms with Crippen molar-refractivity contribution in [1.29, 1.82) is 0 Å². The van der Waals surface area contributed by atoms with Crippen molar-refractivity contribution in [3.05, 3.63) is 65.9 Å². The fraction of sp³-hybridized carbons (Fsp3) is 0.448. The van der Waals surface area contributed by atoms with E-state index in [0.717, 1.165) is 53.7 Å². The molecule has 0 bridgehead atoms. The van der Waals surface area contributed by atoms with E-state index in [4.69, 9.17) is 4.74 Å². The Labute approximate surface area is 212 Å². The van der Waals surface area contributed by atoms with Crippen molar-refractivity contribution >= 4 is 22.7 Å². The van der Waals surface area contributed by atoms with E-state index >= 15 is 0 Å². The molecule has 3 atom stereocenters. The van der Waals surface area contributed by atoms with Crippen molar-refractivity contribution in [1.82, 2.24) is 19.7 Å². The number of amides is 2. The van der Waals surface area contributed by atoms with Gasteiger partial charge in [-0.2, -0.15) is 0 Å². The van der Waals surface area contributed by atoms with Crippen LogP contribution in [0.15, 0.2) is 54.6 Å². The average Bonchev–Trinajstić information content (AvgIpc) is 3.60. The number of rotatable bonds is 6. The maximum absolute atomic E-state index is 13.6. The highest BCUT2D eigenvalue weighted by Gasteiger charge is 2.40. The summed E-state index contributed by atoms with van der Waals surface area (Å²) < 4.78 is 5.32. The molecule has 1 aliphatic carbocycles. The van der Waals surface area contributed by atoms with Gasteiger partial charge in [-0.05, 0) is 54.5 Å². The first kappa shape index (κ1) is 23.1. The van der Waals surface area contributed by atoms with E-state index in [1.54, 1.807) is 12.0 Å². The molecule has 3 fully saturated rings. The van der Waals surface area contributed by atoms with Gasteiger partial charge in [0.2, 0.25) is 5.91 Å². The number of fused-ring (bicyclic) bond motifs is 2. The second-order valence-corrected chi connectivity index (χ2v) is 10.7. The third kappa shape index (κ3) is 4.48. The van der Waals surface area contributed by atoms with Crippen LogP contribution in [0, 0.1) is 11.8 Å². The summed E-state index contributed by atoms with van der Waals surface area (Å²) in [7, 11) is 1.63. The molecule has 1 saturated carbocycles. The van der Waals surface area contributed by atoms with Crippen molar-refractivity contribution in [3.8, 4) is 5.75 Å². The van der Waals surface area contributed by atoms with Crippen LogP contribution in [0.3, 0.4) is 0 Å². The maximum Gasteiger partial charge on any atom is 0.270 e. The van der Waals surface area contributed by atoms with E-state index in [0.29, 0.717) is 18.8 Å². The molecule has 3 heterocycles. The van der Waals surface area contributed by atoms with Gasteiger partial charge in [0.15, 0.2) is 0 Å². The van der Waals surface area contributed by atoms with Gasteiger partial charge >= 0.3 is 0 Å². The summed E-state index contributed by atoms with van der Waals surface area (Å²) in [6.07, 6.45) is 4.01. The zero-order valence-corrected chi connectivity index (χ0v) is 20.9. The van der Waals surface area contributed by atoms with Crippen LogP contribution in [-0.2, 0) is 11.3 Å². The molecule has 3 aromatic rings. The van der Waals surface area contributed by atoms with Gasteiger partial charge in [0.05, 0.1) is 13.2 Å². The first-order valence-corrected chi connectivity index (χ1v) is 13.1. The number of methoxy groups -OCH3 is 1. The molecule has 0 spiro atoms. The highest BCUT2D eigenvalue weighted by Crippen LogP contribution is 2.38. The minimum absolute atomic E-state index is 0.0145. The second kappa shape index (κ2) is 9.62. The monoisotopic (exact) mass is 486 g/mol. The quantitative estimate of drug-likeness (QED) is 0.576. The highest BCUT2D eigenvalue weighted by atomic mass is 16.5. The van der Waals surface area contributed by atoms with E-state index in [-0.39, 0.29) is 24.4 Å². The van der Waals surface area contributed by atoms with Gasteiger partial charge in [-0.3, -0.25) is 9.59 Å². The van der Waals surface area contributed by atoms with Gasteiger partial charge in [0, 0.05) is 43.6 Å². The van der Waals surface area contributed by atoms with Crippen LogP contribution >= 0.6 is 0 Å². The minimum atomic E-state index is -0.124. The molecular formula is C29H34N4O3. The van der Waals surface area contributed by atoms with Crippen LogP contribution in [0.2, 0.25) is 0 Å². The molecule has 6 rings (SSSR count). The minimum Gasteiger partial charge on any atom is -0.497 e. The van der Waals surface area contributed by atoms with Gasteiger partial charge in [0.1, 0.15) is 18.0 Å². The molecule has 2 amide bonds. The molecule has 2 aromatic carbocycles. The van der Waals surface area contributed by atoms with Crippen LogP contribution < -0.4 is 4.74 Å². The van der Waals surface area contributed by atoms with Gasteiger partial charge in [-0.25, -0.2) is 0 Å². The largest absolute Gasteiger partial charge is 0.497 e. The van der Waals surface area contributed by atoms with E-state index < -0.39 is 0 Å². The lowest BCUT2D eigenvalue weighted by atomic mass is 10.0. The summed E-state index contributed by atoms with van der Waals surface area (Å²) in [6.45, 7) is 4.28. The Morgan fingerprint density at radius 3 is 2.56 bits per heavy atom. The van der Waals surface area contributed by atoms with Gasteiger partial charge in [-0.1, -0.05) is 36.8 Å². The van der Waals surface area contributed by atoms with Crippen LogP contribution in [0.1, 0.15) is 35.3 Å². The smallest absolute Gasteiger partial charge is 0.270 e. The third-order valence-electron chi connectivity index (χ3n) is 8.33. The molecule has 36 heavy (non-hydrogen) atoms. The standard InChI is InChI=1S/C29H34N4O3/c1-36-25-10-11-26-23(12-25)13-27(30-26)29(35)32-18-24(17-31-15-21-8-5-9-22(21)16-31)33(28(34)19-32)14-20-6-3-2-4-7-20/h2-4,6-7,10-13,21-22,24,30H,5,8-9,14-19H2,1H3/t21?,22?,24-/m0/s1. The van der Waals surface area contributed by atoms with Gasteiger partial charge in [0.25, 0.3) is 5.91 Å². The summed E-state index contributed by atoms with van der Waals surface area (Å²) >= 11 is 0. The number of piperazine rings is 1. The molecular weight excluding hydrogens is 452 g/mol. The van der Waals surface area contributed by atoms with Crippen LogP contribution in [0.5, 0.6) is 5.75 Å². The third-order valence-corrected chi connectivity index (χ3v) is 8.33. The van der Waals surface area contributed by atoms with E-state index in [1.807, 2.05) is 47.4 Å². The zero-order chi connectivity index (χ0) is 24.6.